The normalized spacial score (nSPS) is 24.2. The molecule has 0 radical (unpaired) electrons. The van der Waals surface area contributed by atoms with E-state index >= 15 is 0 Å². The maximum absolute atomic E-state index is 10.8. The van der Waals surface area contributed by atoms with Crippen molar-refractivity contribution in [1.29, 1.82) is 0 Å². The van der Waals surface area contributed by atoms with E-state index in [9.17, 15) is 4.79 Å². The maximum atomic E-state index is 10.8. The van der Waals surface area contributed by atoms with E-state index in [0.717, 1.165) is 5.56 Å². The molecule has 1 heterocycles. The van der Waals surface area contributed by atoms with Gasteiger partial charge in [-0.3, -0.25) is 4.79 Å². The highest BCUT2D eigenvalue weighted by molar-refractivity contribution is 5.72. The van der Waals surface area contributed by atoms with Gasteiger partial charge in [-0.05, 0) is 11.6 Å². The van der Waals surface area contributed by atoms with Gasteiger partial charge in [0.25, 0.3) is 0 Å². The summed E-state index contributed by atoms with van der Waals surface area (Å²) in [6, 6.07) is 7.49. The Bertz CT molecular complexity index is 362. The van der Waals surface area contributed by atoms with E-state index in [1.807, 2.05) is 24.3 Å². The van der Waals surface area contributed by atoms with E-state index in [1.165, 1.54) is 0 Å². The summed E-state index contributed by atoms with van der Waals surface area (Å²) in [5, 5.41) is 0. The van der Waals surface area contributed by atoms with Crippen LogP contribution >= 0.6 is 0 Å². The summed E-state index contributed by atoms with van der Waals surface area (Å²) in [4.78, 5) is 10.8. The molecule has 0 aromatic heterocycles. The molecule has 13 heavy (non-hydrogen) atoms. The number of benzene rings is 1. The first-order valence-corrected chi connectivity index (χ1v) is 4.01. The number of fused-ring (bicyclic) bond motifs is 1. The highest BCUT2D eigenvalue weighted by Crippen LogP contribution is 2.33. The van der Waals surface area contributed by atoms with Gasteiger partial charge in [0.05, 0.1) is 0 Å². The van der Waals surface area contributed by atoms with Gasteiger partial charge < -0.3 is 4.74 Å². The molecule has 1 atom stereocenters. The van der Waals surface area contributed by atoms with Gasteiger partial charge in [-0.25, -0.2) is 0 Å². The van der Waals surface area contributed by atoms with Gasteiger partial charge >= 0.3 is 0 Å². The lowest BCUT2D eigenvalue weighted by Gasteiger charge is -2.13. The van der Waals surface area contributed by atoms with E-state index in [4.69, 9.17) is 11.2 Å². The number of carbonyl (C=O) groups excluding carboxylic acids is 1. The third-order valence-electron chi connectivity index (χ3n) is 2.15. The average molecular weight is 172 g/mol. The molecule has 2 heteroatoms. The fourth-order valence-electron chi connectivity index (χ4n) is 1.44. The van der Waals surface area contributed by atoms with E-state index in [0.29, 0.717) is 18.5 Å². The number of para-hydroxylation sites is 1. The summed E-state index contributed by atoms with van der Waals surface area (Å²) in [6.45, 7) is 0. The Labute approximate surface area is 76.5 Å². The molecule has 1 aromatic rings. The van der Waals surface area contributed by atoms with E-state index < -0.39 is 5.60 Å². The first-order chi connectivity index (χ1) is 6.29. The second-order valence-corrected chi connectivity index (χ2v) is 3.04. The second kappa shape index (κ2) is 2.63. The molecule has 0 fully saturated rings. The van der Waals surface area contributed by atoms with Crippen LogP contribution in [-0.2, 0) is 11.2 Å². The fraction of sp³-hybridized carbons (Fsp3) is 0.182. The molecule has 0 saturated carbocycles. The van der Waals surface area contributed by atoms with Crippen LogP contribution in [0.5, 0.6) is 5.75 Å². The van der Waals surface area contributed by atoms with Gasteiger partial charge in [0, 0.05) is 6.42 Å². The van der Waals surface area contributed by atoms with Crippen molar-refractivity contribution in [1.82, 2.24) is 0 Å². The molecule has 0 bridgehead atoms. The lowest BCUT2D eigenvalue weighted by molar-refractivity contribution is -0.116. The van der Waals surface area contributed by atoms with Crippen molar-refractivity contribution < 1.29 is 9.53 Å². The Balaban J connectivity index is 2.43. The van der Waals surface area contributed by atoms with E-state index in [1.54, 1.807) is 0 Å². The lowest BCUT2D eigenvalue weighted by Crippen LogP contribution is -2.33. The quantitative estimate of drug-likeness (QED) is 0.470. The van der Waals surface area contributed by atoms with E-state index in [-0.39, 0.29) is 0 Å². The number of rotatable bonds is 1. The summed E-state index contributed by atoms with van der Waals surface area (Å²) < 4.78 is 5.39. The van der Waals surface area contributed by atoms with Crippen LogP contribution in [0, 0.1) is 12.3 Å². The van der Waals surface area contributed by atoms with Crippen molar-refractivity contribution in [3.05, 3.63) is 29.8 Å². The largest absolute Gasteiger partial charge is 0.467 e. The number of hydrogen-bond donors (Lipinski definition) is 0. The third kappa shape index (κ3) is 1.09. The zero-order chi connectivity index (χ0) is 9.31. The number of hydrogen-bond acceptors (Lipinski definition) is 2. The minimum absolute atomic E-state index is 0.475. The van der Waals surface area contributed by atoms with Crippen LogP contribution in [0.15, 0.2) is 24.3 Å². The molecule has 2 nitrogen and oxygen atoms in total. The summed E-state index contributed by atoms with van der Waals surface area (Å²) >= 11 is 0. The van der Waals surface area contributed by atoms with Crippen molar-refractivity contribution in [3.8, 4) is 18.1 Å². The van der Waals surface area contributed by atoms with Gasteiger partial charge in [-0.15, -0.1) is 6.42 Å². The molecular formula is C11H8O2. The minimum atomic E-state index is -1.07. The predicted octanol–water partition coefficient (Wildman–Crippen LogP) is 1.19. The Morgan fingerprint density at radius 3 is 2.92 bits per heavy atom. The highest BCUT2D eigenvalue weighted by Gasteiger charge is 2.37. The Morgan fingerprint density at radius 1 is 1.54 bits per heavy atom. The molecule has 1 unspecified atom stereocenters. The lowest BCUT2D eigenvalue weighted by atomic mass is 10.00. The molecule has 1 aromatic carbocycles. The van der Waals surface area contributed by atoms with Crippen molar-refractivity contribution in [2.24, 2.45) is 0 Å². The highest BCUT2D eigenvalue weighted by atomic mass is 16.5. The van der Waals surface area contributed by atoms with E-state index in [2.05, 4.69) is 5.92 Å². The van der Waals surface area contributed by atoms with Crippen LogP contribution in [-0.4, -0.2) is 11.9 Å². The third-order valence-corrected chi connectivity index (χ3v) is 2.15. The monoisotopic (exact) mass is 172 g/mol. The maximum Gasteiger partial charge on any atom is 0.228 e. The predicted molar refractivity (Wildman–Crippen MR) is 48.4 cm³/mol. The van der Waals surface area contributed by atoms with Gasteiger partial charge in [0.1, 0.15) is 5.75 Å². The summed E-state index contributed by atoms with van der Waals surface area (Å²) in [5.74, 6) is 3.10. The molecule has 0 amide bonds. The minimum Gasteiger partial charge on any atom is -0.467 e. The molecule has 0 aliphatic carbocycles. The first-order valence-electron chi connectivity index (χ1n) is 4.01. The van der Waals surface area contributed by atoms with Gasteiger partial charge in [0.15, 0.2) is 6.29 Å². The molecule has 0 N–H and O–H groups in total. The van der Waals surface area contributed by atoms with Crippen LogP contribution in [0.4, 0.5) is 0 Å². The molecule has 0 spiro atoms. The fourth-order valence-corrected chi connectivity index (χ4v) is 1.44. The number of terminal acetylenes is 1. The first kappa shape index (κ1) is 7.88. The van der Waals surface area contributed by atoms with Gasteiger partial charge in [0.2, 0.25) is 5.60 Å². The molecule has 1 aliphatic rings. The Kier molecular flexibility index (Phi) is 1.60. The van der Waals surface area contributed by atoms with Crippen molar-refractivity contribution >= 4 is 6.29 Å². The van der Waals surface area contributed by atoms with Crippen LogP contribution in [0.25, 0.3) is 0 Å². The zero-order valence-corrected chi connectivity index (χ0v) is 6.99. The van der Waals surface area contributed by atoms with Gasteiger partial charge in [-0.2, -0.15) is 0 Å². The topological polar surface area (TPSA) is 26.3 Å². The Morgan fingerprint density at radius 2 is 2.31 bits per heavy atom. The summed E-state index contributed by atoms with van der Waals surface area (Å²) in [5.41, 5.74) is -0.0727. The SMILES string of the molecule is C#CC1(C=O)Cc2ccccc2O1. The molecular weight excluding hydrogens is 164 g/mol. The molecule has 2 rings (SSSR count). The van der Waals surface area contributed by atoms with Crippen molar-refractivity contribution in [3.63, 3.8) is 0 Å². The van der Waals surface area contributed by atoms with Crippen molar-refractivity contribution in [2.45, 2.75) is 12.0 Å². The van der Waals surface area contributed by atoms with Crippen LogP contribution in [0.2, 0.25) is 0 Å². The van der Waals surface area contributed by atoms with Crippen LogP contribution < -0.4 is 4.74 Å². The van der Waals surface area contributed by atoms with Crippen LogP contribution in [0.1, 0.15) is 5.56 Å². The van der Waals surface area contributed by atoms with Crippen LogP contribution in [0.3, 0.4) is 0 Å². The smallest absolute Gasteiger partial charge is 0.228 e. The summed E-state index contributed by atoms with van der Waals surface area (Å²) in [6.07, 6.45) is 6.42. The standard InChI is InChI=1S/C11H8O2/c1-2-11(8-12)7-9-5-3-4-6-10(9)13-11/h1,3-6,8H,7H2. The number of carbonyl (C=O) groups is 1. The molecule has 64 valence electrons. The molecule has 0 saturated heterocycles. The second-order valence-electron chi connectivity index (χ2n) is 3.04. The van der Waals surface area contributed by atoms with Gasteiger partial charge in [-0.1, -0.05) is 24.1 Å². The van der Waals surface area contributed by atoms with Crippen molar-refractivity contribution in [2.75, 3.05) is 0 Å². The zero-order valence-electron chi connectivity index (χ0n) is 6.99. The average Bonchev–Trinajstić information content (AvgIpc) is 2.57. The number of ether oxygens (including phenoxy) is 1. The Hall–Kier alpha value is -1.75. The summed E-state index contributed by atoms with van der Waals surface area (Å²) in [7, 11) is 0. The molecule has 1 aliphatic heterocycles. The number of aldehydes is 1.